The number of hydrogen-bond acceptors (Lipinski definition) is 4. The summed E-state index contributed by atoms with van der Waals surface area (Å²) in [6.45, 7) is 3.33. The SMILES string of the molecule is CC1=C(C#N)C(=O)N(C(C)c2ccccc2)C(=O)/C1=C/c1ccc(-c2ccc(F)cc2)o1. The molecule has 1 aliphatic rings. The molecule has 3 aromatic rings. The number of nitriles is 1. The number of carbonyl (C=O) groups is 2. The molecule has 0 N–H and O–H groups in total. The van der Waals surface area contributed by atoms with Crippen LogP contribution in [0.4, 0.5) is 4.39 Å². The van der Waals surface area contributed by atoms with Gasteiger partial charge in [-0.15, -0.1) is 0 Å². The Bertz CT molecular complexity index is 1290. The molecule has 2 amide bonds. The van der Waals surface area contributed by atoms with Crippen molar-refractivity contribution in [1.82, 2.24) is 4.90 Å². The van der Waals surface area contributed by atoms with E-state index in [1.807, 2.05) is 36.4 Å². The first-order chi connectivity index (χ1) is 15.4. The first-order valence-corrected chi connectivity index (χ1v) is 10.0. The van der Waals surface area contributed by atoms with E-state index in [1.165, 1.54) is 18.2 Å². The lowest BCUT2D eigenvalue weighted by molar-refractivity contribution is -0.143. The summed E-state index contributed by atoms with van der Waals surface area (Å²) in [6.07, 6.45) is 1.53. The van der Waals surface area contributed by atoms with Gasteiger partial charge in [0, 0.05) is 11.1 Å². The van der Waals surface area contributed by atoms with Crippen LogP contribution >= 0.6 is 0 Å². The summed E-state index contributed by atoms with van der Waals surface area (Å²) in [5.41, 5.74) is 1.90. The van der Waals surface area contributed by atoms with E-state index in [2.05, 4.69) is 0 Å². The van der Waals surface area contributed by atoms with Crippen LogP contribution in [0.15, 0.2) is 87.9 Å². The van der Waals surface area contributed by atoms with Crippen LogP contribution in [0.3, 0.4) is 0 Å². The lowest BCUT2D eigenvalue weighted by atomic mass is 9.92. The summed E-state index contributed by atoms with van der Waals surface area (Å²) in [5.74, 6) is -0.575. The molecular formula is C26H19FN2O3. The van der Waals surface area contributed by atoms with Crippen LogP contribution in [0, 0.1) is 17.1 Å². The molecule has 158 valence electrons. The molecule has 2 heterocycles. The third kappa shape index (κ3) is 3.77. The number of furan rings is 1. The predicted octanol–water partition coefficient (Wildman–Crippen LogP) is 5.44. The zero-order valence-electron chi connectivity index (χ0n) is 17.5. The Morgan fingerprint density at radius 2 is 1.69 bits per heavy atom. The van der Waals surface area contributed by atoms with Crippen molar-refractivity contribution in [2.45, 2.75) is 19.9 Å². The quantitative estimate of drug-likeness (QED) is 0.411. The summed E-state index contributed by atoms with van der Waals surface area (Å²) in [6, 6.07) is 19.8. The number of carbonyl (C=O) groups excluding carboxylic acids is 2. The second-order valence-electron chi connectivity index (χ2n) is 7.45. The van der Waals surface area contributed by atoms with Crippen molar-refractivity contribution in [3.8, 4) is 17.4 Å². The number of imide groups is 1. The van der Waals surface area contributed by atoms with E-state index in [-0.39, 0.29) is 17.0 Å². The van der Waals surface area contributed by atoms with Gasteiger partial charge in [0.2, 0.25) is 0 Å². The molecule has 1 aromatic heterocycles. The van der Waals surface area contributed by atoms with E-state index in [1.54, 1.807) is 38.1 Å². The molecule has 0 saturated heterocycles. The predicted molar refractivity (Wildman–Crippen MR) is 117 cm³/mol. The van der Waals surface area contributed by atoms with Gasteiger partial charge in [0.25, 0.3) is 11.8 Å². The average Bonchev–Trinajstić information content (AvgIpc) is 3.27. The van der Waals surface area contributed by atoms with Gasteiger partial charge < -0.3 is 4.42 Å². The van der Waals surface area contributed by atoms with Crippen molar-refractivity contribution in [2.24, 2.45) is 0 Å². The van der Waals surface area contributed by atoms with Gasteiger partial charge in [0.15, 0.2) is 0 Å². The van der Waals surface area contributed by atoms with Gasteiger partial charge in [-0.25, -0.2) is 4.39 Å². The van der Waals surface area contributed by atoms with Gasteiger partial charge in [-0.3, -0.25) is 14.5 Å². The maximum Gasteiger partial charge on any atom is 0.272 e. The first-order valence-electron chi connectivity index (χ1n) is 10.0. The molecule has 0 bridgehead atoms. The molecule has 0 fully saturated rings. The fourth-order valence-corrected chi connectivity index (χ4v) is 3.67. The van der Waals surface area contributed by atoms with Gasteiger partial charge in [-0.2, -0.15) is 5.26 Å². The number of nitrogens with zero attached hydrogens (tertiary/aromatic N) is 2. The largest absolute Gasteiger partial charge is 0.457 e. The molecule has 2 aromatic carbocycles. The van der Waals surface area contributed by atoms with Gasteiger partial charge >= 0.3 is 0 Å². The Morgan fingerprint density at radius 1 is 1.00 bits per heavy atom. The fraction of sp³-hybridized carbons (Fsp3) is 0.115. The standard InChI is InChI=1S/C26H19FN2O3/c1-16-22(14-21-12-13-24(32-21)19-8-10-20(27)11-9-19)25(30)29(26(31)23(16)15-28)17(2)18-6-4-3-5-7-18/h3-14,17H,1-2H3/b22-14+. The molecule has 0 saturated carbocycles. The van der Waals surface area contributed by atoms with Crippen molar-refractivity contribution in [3.05, 3.63) is 101 Å². The summed E-state index contributed by atoms with van der Waals surface area (Å²) in [7, 11) is 0. The zero-order valence-corrected chi connectivity index (χ0v) is 17.5. The molecule has 4 rings (SSSR count). The van der Waals surface area contributed by atoms with Crippen molar-refractivity contribution in [1.29, 1.82) is 5.26 Å². The monoisotopic (exact) mass is 426 g/mol. The van der Waals surface area contributed by atoms with E-state index >= 15 is 0 Å². The van der Waals surface area contributed by atoms with Gasteiger partial charge in [-0.05, 0) is 67.5 Å². The van der Waals surface area contributed by atoms with E-state index in [0.29, 0.717) is 22.7 Å². The van der Waals surface area contributed by atoms with Crippen LogP contribution in [0.5, 0.6) is 0 Å². The fourth-order valence-electron chi connectivity index (χ4n) is 3.67. The Balaban J connectivity index is 1.74. The Hall–Kier alpha value is -4.24. The minimum Gasteiger partial charge on any atom is -0.457 e. The third-order valence-electron chi connectivity index (χ3n) is 5.48. The molecule has 32 heavy (non-hydrogen) atoms. The highest BCUT2D eigenvalue weighted by molar-refractivity contribution is 6.19. The number of benzene rings is 2. The highest BCUT2D eigenvalue weighted by Crippen LogP contribution is 2.33. The van der Waals surface area contributed by atoms with E-state index in [9.17, 15) is 19.2 Å². The number of amides is 2. The van der Waals surface area contributed by atoms with Crippen molar-refractivity contribution in [2.75, 3.05) is 0 Å². The topological polar surface area (TPSA) is 74.3 Å². The lowest BCUT2D eigenvalue weighted by Crippen LogP contribution is -2.44. The van der Waals surface area contributed by atoms with Crippen molar-refractivity contribution >= 4 is 17.9 Å². The summed E-state index contributed by atoms with van der Waals surface area (Å²) < 4.78 is 19.0. The lowest BCUT2D eigenvalue weighted by Gasteiger charge is -2.32. The summed E-state index contributed by atoms with van der Waals surface area (Å²) >= 11 is 0. The molecule has 5 nitrogen and oxygen atoms in total. The van der Waals surface area contributed by atoms with E-state index in [4.69, 9.17) is 4.42 Å². The minimum atomic E-state index is -0.616. The maximum absolute atomic E-state index is 13.4. The van der Waals surface area contributed by atoms with E-state index in [0.717, 1.165) is 10.5 Å². The molecule has 0 spiro atoms. The average molecular weight is 426 g/mol. The van der Waals surface area contributed by atoms with Gasteiger partial charge in [0.05, 0.1) is 6.04 Å². The van der Waals surface area contributed by atoms with Gasteiger partial charge in [0.1, 0.15) is 29.0 Å². The first kappa shape index (κ1) is 21.0. The normalized spacial score (nSPS) is 16.4. The molecule has 0 aliphatic carbocycles. The Kier molecular flexibility index (Phi) is 5.57. The number of rotatable bonds is 4. The Morgan fingerprint density at radius 3 is 2.34 bits per heavy atom. The molecule has 1 unspecified atom stereocenters. The zero-order chi connectivity index (χ0) is 22.8. The molecule has 1 atom stereocenters. The van der Waals surface area contributed by atoms with E-state index < -0.39 is 17.9 Å². The van der Waals surface area contributed by atoms with Crippen LogP contribution in [0.2, 0.25) is 0 Å². The maximum atomic E-state index is 13.4. The molecule has 1 aliphatic heterocycles. The van der Waals surface area contributed by atoms with Crippen molar-refractivity contribution in [3.63, 3.8) is 0 Å². The van der Waals surface area contributed by atoms with Crippen molar-refractivity contribution < 1.29 is 18.4 Å². The summed E-state index contributed by atoms with van der Waals surface area (Å²) in [4.78, 5) is 27.4. The van der Waals surface area contributed by atoms with Crippen LogP contribution in [0.1, 0.15) is 31.2 Å². The molecule has 0 radical (unpaired) electrons. The molecular weight excluding hydrogens is 407 g/mol. The highest BCUT2D eigenvalue weighted by atomic mass is 19.1. The minimum absolute atomic E-state index is 0.0797. The smallest absolute Gasteiger partial charge is 0.272 e. The second kappa shape index (κ2) is 8.48. The Labute approximate surface area is 184 Å². The van der Waals surface area contributed by atoms with Crippen LogP contribution in [-0.4, -0.2) is 16.7 Å². The molecule has 6 heteroatoms. The van der Waals surface area contributed by atoms with Crippen LogP contribution < -0.4 is 0 Å². The van der Waals surface area contributed by atoms with Crippen LogP contribution in [0.25, 0.3) is 17.4 Å². The van der Waals surface area contributed by atoms with Crippen LogP contribution in [-0.2, 0) is 9.59 Å². The van der Waals surface area contributed by atoms with Gasteiger partial charge in [-0.1, -0.05) is 30.3 Å². The highest BCUT2D eigenvalue weighted by Gasteiger charge is 2.38. The second-order valence-corrected chi connectivity index (χ2v) is 7.45. The number of halogens is 1. The summed E-state index contributed by atoms with van der Waals surface area (Å²) in [5, 5.41) is 9.60. The third-order valence-corrected chi connectivity index (χ3v) is 5.48. The number of hydrogen-bond donors (Lipinski definition) is 0.